The molecule has 0 spiro atoms. The van der Waals surface area contributed by atoms with E-state index in [1.165, 1.54) is 4.88 Å². The minimum Gasteiger partial charge on any atom is -0.493 e. The molecule has 30 heavy (non-hydrogen) atoms. The van der Waals surface area contributed by atoms with Crippen LogP contribution in [-0.2, 0) is 9.47 Å². The third-order valence-corrected chi connectivity index (χ3v) is 5.88. The second-order valence-corrected chi connectivity index (χ2v) is 7.96. The monoisotopic (exact) mass is 432 g/mol. The second kappa shape index (κ2) is 12.5. The fraction of sp³-hybridized carbons (Fsp3) is 0.500. The van der Waals surface area contributed by atoms with Crippen LogP contribution in [0, 0.1) is 0 Å². The van der Waals surface area contributed by atoms with Gasteiger partial charge in [0, 0.05) is 63.5 Å². The van der Waals surface area contributed by atoms with Gasteiger partial charge >= 0.3 is 0 Å². The molecule has 164 valence electrons. The van der Waals surface area contributed by atoms with Crippen molar-refractivity contribution in [2.45, 2.75) is 12.5 Å². The lowest BCUT2D eigenvalue weighted by Gasteiger charge is -2.34. The van der Waals surface area contributed by atoms with E-state index in [1.807, 2.05) is 24.3 Å². The maximum atomic E-state index is 5.79. The van der Waals surface area contributed by atoms with Crippen LogP contribution in [0.1, 0.15) is 17.3 Å². The van der Waals surface area contributed by atoms with E-state index in [4.69, 9.17) is 14.2 Å². The van der Waals surface area contributed by atoms with E-state index in [2.05, 4.69) is 38.0 Å². The minimum absolute atomic E-state index is 0.294. The van der Waals surface area contributed by atoms with Crippen molar-refractivity contribution in [3.8, 4) is 5.75 Å². The maximum absolute atomic E-state index is 5.79. The second-order valence-electron chi connectivity index (χ2n) is 6.98. The molecule has 1 atom stereocenters. The molecule has 1 fully saturated rings. The predicted molar refractivity (Wildman–Crippen MR) is 123 cm³/mol. The Balaban J connectivity index is 1.56. The van der Waals surface area contributed by atoms with Crippen LogP contribution >= 0.6 is 11.3 Å². The summed E-state index contributed by atoms with van der Waals surface area (Å²) in [6.07, 6.45) is 0.864. The number of benzene rings is 1. The first kappa shape index (κ1) is 22.6. The Hall–Kier alpha value is -2.13. The highest BCUT2D eigenvalue weighted by Gasteiger charge is 2.23. The largest absolute Gasteiger partial charge is 0.493 e. The van der Waals surface area contributed by atoms with E-state index in [9.17, 15) is 0 Å². The van der Waals surface area contributed by atoms with Gasteiger partial charge in [-0.05, 0) is 23.6 Å². The quantitative estimate of drug-likeness (QED) is 0.341. The zero-order valence-corrected chi connectivity index (χ0v) is 18.6. The number of hydrogen-bond acceptors (Lipinski definition) is 6. The number of thiophene rings is 1. The normalized spacial score (nSPS) is 16.3. The number of aliphatic imine (C=N–C) groups is 1. The summed E-state index contributed by atoms with van der Waals surface area (Å²) in [5.74, 6) is 1.57. The summed E-state index contributed by atoms with van der Waals surface area (Å²) in [5, 5.41) is 8.99. The van der Waals surface area contributed by atoms with Crippen LogP contribution < -0.4 is 15.4 Å². The topological polar surface area (TPSA) is 67.4 Å². The zero-order valence-electron chi connectivity index (χ0n) is 17.8. The van der Waals surface area contributed by atoms with Crippen molar-refractivity contribution in [3.63, 3.8) is 0 Å². The first-order valence-electron chi connectivity index (χ1n) is 10.3. The molecule has 0 bridgehead atoms. The number of guanidine groups is 1. The summed E-state index contributed by atoms with van der Waals surface area (Å²) in [4.78, 5) is 8.22. The Morgan fingerprint density at radius 2 is 2.10 bits per heavy atom. The molecule has 1 aliphatic heterocycles. The van der Waals surface area contributed by atoms with Crippen LogP contribution in [0.5, 0.6) is 5.75 Å². The van der Waals surface area contributed by atoms with Crippen molar-refractivity contribution in [3.05, 3.63) is 46.7 Å². The van der Waals surface area contributed by atoms with E-state index in [-0.39, 0.29) is 0 Å². The highest BCUT2D eigenvalue weighted by molar-refractivity contribution is 7.10. The lowest BCUT2D eigenvalue weighted by atomic mass is 10.2. The lowest BCUT2D eigenvalue weighted by molar-refractivity contribution is 0.0177. The molecule has 1 saturated heterocycles. The molecule has 1 unspecified atom stereocenters. The highest BCUT2D eigenvalue weighted by Crippen LogP contribution is 2.25. The molecule has 2 aromatic rings. The van der Waals surface area contributed by atoms with E-state index in [0.717, 1.165) is 56.7 Å². The summed E-state index contributed by atoms with van der Waals surface area (Å²) in [7, 11) is 3.49. The fourth-order valence-corrected chi connectivity index (χ4v) is 4.21. The molecule has 1 aromatic heterocycles. The van der Waals surface area contributed by atoms with E-state index in [0.29, 0.717) is 19.3 Å². The van der Waals surface area contributed by atoms with Gasteiger partial charge in [0.15, 0.2) is 5.96 Å². The standard InChI is InChI=1S/C22H32N4O3S/c1-23-22(25-18-6-3-7-19(16-18)29-12-5-11-27-2)24-17-20(21-8-4-15-30-21)26-9-13-28-14-10-26/h3-4,6-8,15-16,20H,5,9-14,17H2,1-2H3,(H2,23,24,25). The van der Waals surface area contributed by atoms with Crippen molar-refractivity contribution < 1.29 is 14.2 Å². The van der Waals surface area contributed by atoms with Gasteiger partial charge in [-0.2, -0.15) is 0 Å². The molecule has 8 heteroatoms. The Morgan fingerprint density at radius 3 is 2.83 bits per heavy atom. The van der Waals surface area contributed by atoms with Crippen molar-refractivity contribution in [1.29, 1.82) is 0 Å². The number of hydrogen-bond donors (Lipinski definition) is 2. The smallest absolute Gasteiger partial charge is 0.195 e. The number of ether oxygens (including phenoxy) is 3. The Morgan fingerprint density at radius 1 is 1.23 bits per heavy atom. The van der Waals surface area contributed by atoms with Gasteiger partial charge in [-0.15, -0.1) is 11.3 Å². The molecule has 1 aromatic carbocycles. The van der Waals surface area contributed by atoms with Crippen LogP contribution in [0.2, 0.25) is 0 Å². The van der Waals surface area contributed by atoms with Crippen molar-refractivity contribution in [2.24, 2.45) is 4.99 Å². The Bertz CT molecular complexity index is 764. The number of rotatable bonds is 10. The molecule has 0 radical (unpaired) electrons. The summed E-state index contributed by atoms with van der Waals surface area (Å²) < 4.78 is 16.4. The molecular formula is C22H32N4O3S. The molecule has 0 saturated carbocycles. The van der Waals surface area contributed by atoms with Crippen molar-refractivity contribution in [1.82, 2.24) is 10.2 Å². The number of nitrogens with one attached hydrogen (secondary N) is 2. The molecule has 2 N–H and O–H groups in total. The predicted octanol–water partition coefficient (Wildman–Crippen LogP) is 3.22. The minimum atomic E-state index is 0.294. The molecular weight excluding hydrogens is 400 g/mol. The van der Waals surface area contributed by atoms with Crippen LogP contribution in [-0.4, -0.2) is 71.1 Å². The number of morpholine rings is 1. The maximum Gasteiger partial charge on any atom is 0.195 e. The van der Waals surface area contributed by atoms with Gasteiger partial charge in [0.1, 0.15) is 5.75 Å². The van der Waals surface area contributed by atoms with Crippen LogP contribution in [0.15, 0.2) is 46.8 Å². The van der Waals surface area contributed by atoms with Gasteiger partial charge in [0.25, 0.3) is 0 Å². The van der Waals surface area contributed by atoms with E-state index < -0.39 is 0 Å². The third-order valence-electron chi connectivity index (χ3n) is 4.90. The van der Waals surface area contributed by atoms with Gasteiger partial charge in [-0.3, -0.25) is 9.89 Å². The van der Waals surface area contributed by atoms with Crippen molar-refractivity contribution >= 4 is 23.0 Å². The Labute approximate surface area is 183 Å². The van der Waals surface area contributed by atoms with Gasteiger partial charge in [-0.25, -0.2) is 0 Å². The van der Waals surface area contributed by atoms with Crippen LogP contribution in [0.3, 0.4) is 0 Å². The summed E-state index contributed by atoms with van der Waals surface area (Å²) in [6, 6.07) is 12.5. The molecule has 3 rings (SSSR count). The highest BCUT2D eigenvalue weighted by atomic mass is 32.1. The van der Waals surface area contributed by atoms with Gasteiger partial charge in [0.05, 0.1) is 25.9 Å². The molecule has 7 nitrogen and oxygen atoms in total. The Kier molecular flexibility index (Phi) is 9.43. The average molecular weight is 433 g/mol. The lowest BCUT2D eigenvalue weighted by Crippen LogP contribution is -2.44. The fourth-order valence-electron chi connectivity index (χ4n) is 3.35. The molecule has 2 heterocycles. The van der Waals surface area contributed by atoms with Crippen LogP contribution in [0.4, 0.5) is 5.69 Å². The van der Waals surface area contributed by atoms with Gasteiger partial charge in [0.2, 0.25) is 0 Å². The van der Waals surface area contributed by atoms with E-state index >= 15 is 0 Å². The SMILES string of the molecule is CN=C(NCC(c1cccs1)N1CCOCC1)Nc1cccc(OCCCOC)c1. The van der Waals surface area contributed by atoms with E-state index in [1.54, 1.807) is 25.5 Å². The summed E-state index contributed by atoms with van der Waals surface area (Å²) in [5.41, 5.74) is 0.936. The van der Waals surface area contributed by atoms with Crippen molar-refractivity contribution in [2.75, 3.05) is 65.5 Å². The average Bonchev–Trinajstić information content (AvgIpc) is 3.32. The number of methoxy groups -OCH3 is 1. The third kappa shape index (κ3) is 6.98. The summed E-state index contributed by atoms with van der Waals surface area (Å²) >= 11 is 1.79. The first-order valence-corrected chi connectivity index (χ1v) is 11.2. The summed E-state index contributed by atoms with van der Waals surface area (Å²) in [6.45, 7) is 5.55. The van der Waals surface area contributed by atoms with Gasteiger partial charge < -0.3 is 24.8 Å². The van der Waals surface area contributed by atoms with Gasteiger partial charge in [-0.1, -0.05) is 12.1 Å². The first-order chi connectivity index (χ1) is 14.8. The molecule has 0 aliphatic carbocycles. The zero-order chi connectivity index (χ0) is 21.0. The number of nitrogens with zero attached hydrogens (tertiary/aromatic N) is 2. The number of anilines is 1. The molecule has 1 aliphatic rings. The molecule has 0 amide bonds. The van der Waals surface area contributed by atoms with Crippen LogP contribution in [0.25, 0.3) is 0 Å².